The van der Waals surface area contributed by atoms with Crippen molar-refractivity contribution in [2.45, 2.75) is 25.1 Å². The van der Waals surface area contributed by atoms with Crippen molar-refractivity contribution in [2.75, 3.05) is 23.1 Å². The Morgan fingerprint density at radius 1 is 1.06 bits per heavy atom. The summed E-state index contributed by atoms with van der Waals surface area (Å²) >= 11 is 1.61. The predicted octanol–water partition coefficient (Wildman–Crippen LogP) is 5.22. The van der Waals surface area contributed by atoms with E-state index in [0.717, 1.165) is 34.7 Å². The molecule has 0 radical (unpaired) electrons. The van der Waals surface area contributed by atoms with Gasteiger partial charge in [0.15, 0.2) is 0 Å². The first-order valence-electron chi connectivity index (χ1n) is 10.6. The molecule has 1 unspecified atom stereocenters. The van der Waals surface area contributed by atoms with Crippen LogP contribution in [0.2, 0.25) is 0 Å². The van der Waals surface area contributed by atoms with Crippen molar-refractivity contribution in [1.29, 1.82) is 0 Å². The third-order valence-corrected chi connectivity index (χ3v) is 6.66. The van der Waals surface area contributed by atoms with Crippen molar-refractivity contribution in [3.8, 4) is 5.75 Å². The second-order valence-corrected chi connectivity index (χ2v) is 8.72. The first-order chi connectivity index (χ1) is 15.6. The SMILES string of the molecule is CCc1cccc(N2C(=O)CSC2c2cccc(NC(=O)Cc3ccc(OC)cc3)c2)c1. The molecule has 0 saturated carbocycles. The van der Waals surface area contributed by atoms with Gasteiger partial charge in [-0.2, -0.15) is 0 Å². The summed E-state index contributed by atoms with van der Waals surface area (Å²) in [4.78, 5) is 27.1. The molecule has 6 heteroatoms. The van der Waals surface area contributed by atoms with Crippen LogP contribution in [0.1, 0.15) is 29.0 Å². The van der Waals surface area contributed by atoms with E-state index >= 15 is 0 Å². The van der Waals surface area contributed by atoms with Gasteiger partial charge >= 0.3 is 0 Å². The molecule has 1 fully saturated rings. The molecule has 164 valence electrons. The Hall–Kier alpha value is -3.25. The zero-order valence-electron chi connectivity index (χ0n) is 18.2. The summed E-state index contributed by atoms with van der Waals surface area (Å²) in [6, 6.07) is 23.4. The van der Waals surface area contributed by atoms with Crippen LogP contribution < -0.4 is 15.0 Å². The monoisotopic (exact) mass is 446 g/mol. The molecule has 4 rings (SSSR count). The number of nitrogens with one attached hydrogen (secondary N) is 1. The van der Waals surface area contributed by atoms with Crippen molar-refractivity contribution >= 4 is 35.0 Å². The Balaban J connectivity index is 1.49. The van der Waals surface area contributed by atoms with E-state index in [1.165, 1.54) is 5.56 Å². The van der Waals surface area contributed by atoms with Crippen molar-refractivity contribution in [3.05, 3.63) is 89.5 Å². The number of carbonyl (C=O) groups is 2. The maximum absolute atomic E-state index is 12.7. The number of aryl methyl sites for hydroxylation is 1. The summed E-state index contributed by atoms with van der Waals surface area (Å²) in [5, 5.41) is 2.87. The van der Waals surface area contributed by atoms with E-state index in [1.807, 2.05) is 65.6 Å². The second kappa shape index (κ2) is 9.92. The molecule has 0 aliphatic carbocycles. The van der Waals surface area contributed by atoms with Crippen LogP contribution >= 0.6 is 11.8 Å². The lowest BCUT2D eigenvalue weighted by atomic mass is 10.1. The molecule has 1 atom stereocenters. The van der Waals surface area contributed by atoms with Gasteiger partial charge in [0.25, 0.3) is 0 Å². The van der Waals surface area contributed by atoms with Crippen LogP contribution in [0.3, 0.4) is 0 Å². The fraction of sp³-hybridized carbons (Fsp3) is 0.231. The predicted molar refractivity (Wildman–Crippen MR) is 130 cm³/mol. The number of nitrogens with zero attached hydrogens (tertiary/aromatic N) is 1. The highest BCUT2D eigenvalue weighted by Crippen LogP contribution is 2.42. The van der Waals surface area contributed by atoms with Gasteiger partial charge in [0.05, 0.1) is 19.3 Å². The van der Waals surface area contributed by atoms with Gasteiger partial charge in [-0.25, -0.2) is 0 Å². The van der Waals surface area contributed by atoms with E-state index in [9.17, 15) is 9.59 Å². The molecule has 0 spiro atoms. The molecular formula is C26H26N2O3S. The number of amides is 2. The average Bonchev–Trinajstić information content (AvgIpc) is 3.21. The maximum Gasteiger partial charge on any atom is 0.238 e. The van der Waals surface area contributed by atoms with Crippen LogP contribution in [0.5, 0.6) is 5.75 Å². The largest absolute Gasteiger partial charge is 0.497 e. The van der Waals surface area contributed by atoms with Crippen LogP contribution in [0.15, 0.2) is 72.8 Å². The number of thioether (sulfide) groups is 1. The third-order valence-electron chi connectivity index (χ3n) is 5.44. The van der Waals surface area contributed by atoms with Gasteiger partial charge in [-0.3, -0.25) is 14.5 Å². The Bertz CT molecular complexity index is 1110. The Kier molecular flexibility index (Phi) is 6.81. The number of hydrogen-bond donors (Lipinski definition) is 1. The van der Waals surface area contributed by atoms with Gasteiger partial charge in [0.2, 0.25) is 11.8 Å². The van der Waals surface area contributed by atoms with Crippen molar-refractivity contribution in [1.82, 2.24) is 0 Å². The fourth-order valence-corrected chi connectivity index (χ4v) is 4.95. The van der Waals surface area contributed by atoms with E-state index < -0.39 is 0 Å². The highest BCUT2D eigenvalue weighted by molar-refractivity contribution is 8.00. The summed E-state index contributed by atoms with van der Waals surface area (Å²) < 4.78 is 5.16. The van der Waals surface area contributed by atoms with Gasteiger partial charge in [-0.05, 0) is 59.5 Å². The molecule has 0 bridgehead atoms. The van der Waals surface area contributed by atoms with Crippen LogP contribution in [-0.2, 0) is 22.4 Å². The number of ether oxygens (including phenoxy) is 1. The lowest BCUT2D eigenvalue weighted by molar-refractivity contribution is -0.116. The van der Waals surface area contributed by atoms with Crippen LogP contribution in [-0.4, -0.2) is 24.7 Å². The van der Waals surface area contributed by atoms with E-state index in [2.05, 4.69) is 24.4 Å². The molecule has 1 N–H and O–H groups in total. The Labute approximate surface area is 192 Å². The van der Waals surface area contributed by atoms with Gasteiger partial charge in [-0.1, -0.05) is 43.3 Å². The van der Waals surface area contributed by atoms with Gasteiger partial charge in [-0.15, -0.1) is 11.8 Å². The van der Waals surface area contributed by atoms with Gasteiger partial charge in [0, 0.05) is 11.4 Å². The topological polar surface area (TPSA) is 58.6 Å². The normalized spacial score (nSPS) is 15.6. The molecule has 5 nitrogen and oxygen atoms in total. The van der Waals surface area contributed by atoms with Crippen molar-refractivity contribution in [3.63, 3.8) is 0 Å². The first kappa shape index (κ1) is 22.0. The van der Waals surface area contributed by atoms with Crippen molar-refractivity contribution in [2.24, 2.45) is 0 Å². The summed E-state index contributed by atoms with van der Waals surface area (Å²) in [6.45, 7) is 2.11. The molecule has 1 saturated heterocycles. The summed E-state index contributed by atoms with van der Waals surface area (Å²) in [5.74, 6) is 1.21. The Morgan fingerprint density at radius 2 is 1.84 bits per heavy atom. The Morgan fingerprint density at radius 3 is 2.59 bits per heavy atom. The molecule has 0 aromatic heterocycles. The van der Waals surface area contributed by atoms with Crippen LogP contribution in [0.4, 0.5) is 11.4 Å². The minimum absolute atomic E-state index is 0.0880. The highest BCUT2D eigenvalue weighted by atomic mass is 32.2. The van der Waals surface area contributed by atoms with Gasteiger partial charge in [0.1, 0.15) is 11.1 Å². The maximum atomic E-state index is 12.7. The number of benzene rings is 3. The van der Waals surface area contributed by atoms with E-state index in [4.69, 9.17) is 4.74 Å². The standard InChI is InChI=1S/C26H26N2O3S/c1-3-18-6-4-9-22(14-18)28-25(30)17-32-26(28)20-7-5-8-21(16-20)27-24(29)15-19-10-12-23(31-2)13-11-19/h4-14,16,26H,3,15,17H2,1-2H3,(H,27,29). The molecular weight excluding hydrogens is 420 g/mol. The summed E-state index contributed by atoms with van der Waals surface area (Å²) in [6.07, 6.45) is 1.20. The lowest BCUT2D eigenvalue weighted by Gasteiger charge is -2.25. The molecule has 3 aromatic carbocycles. The number of carbonyl (C=O) groups excluding carboxylic acids is 2. The number of hydrogen-bond acceptors (Lipinski definition) is 4. The smallest absolute Gasteiger partial charge is 0.238 e. The van der Waals surface area contributed by atoms with Crippen molar-refractivity contribution < 1.29 is 14.3 Å². The van der Waals surface area contributed by atoms with Crippen LogP contribution in [0.25, 0.3) is 0 Å². The molecule has 1 heterocycles. The number of methoxy groups -OCH3 is 1. The zero-order valence-corrected chi connectivity index (χ0v) is 19.0. The minimum atomic E-state index is -0.118. The lowest BCUT2D eigenvalue weighted by Crippen LogP contribution is -2.28. The molecule has 2 amide bonds. The summed E-state index contributed by atoms with van der Waals surface area (Å²) in [5.41, 5.74) is 4.75. The molecule has 1 aliphatic heterocycles. The number of anilines is 2. The number of rotatable bonds is 7. The fourth-order valence-electron chi connectivity index (χ4n) is 3.78. The minimum Gasteiger partial charge on any atom is -0.497 e. The highest BCUT2D eigenvalue weighted by Gasteiger charge is 2.34. The van der Waals surface area contributed by atoms with Crippen LogP contribution in [0, 0.1) is 0 Å². The van der Waals surface area contributed by atoms with Gasteiger partial charge < -0.3 is 10.1 Å². The molecule has 3 aromatic rings. The van der Waals surface area contributed by atoms with E-state index in [0.29, 0.717) is 5.75 Å². The van der Waals surface area contributed by atoms with E-state index in [-0.39, 0.29) is 23.6 Å². The first-order valence-corrected chi connectivity index (χ1v) is 11.7. The zero-order chi connectivity index (χ0) is 22.5. The second-order valence-electron chi connectivity index (χ2n) is 7.65. The molecule has 32 heavy (non-hydrogen) atoms. The summed E-state index contributed by atoms with van der Waals surface area (Å²) in [7, 11) is 1.62. The third kappa shape index (κ3) is 4.97. The quantitative estimate of drug-likeness (QED) is 0.541. The van der Waals surface area contributed by atoms with E-state index in [1.54, 1.807) is 18.9 Å². The molecule has 1 aliphatic rings. The average molecular weight is 447 g/mol.